The Labute approximate surface area is 128 Å². The highest BCUT2D eigenvalue weighted by Gasteiger charge is 2.47. The molecule has 1 aliphatic carbocycles. The van der Waals surface area contributed by atoms with Gasteiger partial charge < -0.3 is 4.90 Å². The third-order valence-electron chi connectivity index (χ3n) is 4.95. The predicted octanol–water partition coefficient (Wildman–Crippen LogP) is 1.78. The van der Waals surface area contributed by atoms with Crippen molar-refractivity contribution in [2.75, 3.05) is 13.1 Å². The largest absolute Gasteiger partial charge is 0.338 e. The van der Waals surface area contributed by atoms with Gasteiger partial charge in [0.05, 0.1) is 11.1 Å². The molecule has 4 rings (SSSR count). The van der Waals surface area contributed by atoms with E-state index in [4.69, 9.17) is 0 Å². The molecule has 2 fully saturated rings. The first-order chi connectivity index (χ1) is 10.5. The van der Waals surface area contributed by atoms with E-state index in [0.29, 0.717) is 28.5 Å². The van der Waals surface area contributed by atoms with E-state index in [1.165, 1.54) is 11.3 Å². The third-order valence-corrected chi connectivity index (χ3v) is 4.95. The number of amides is 3. The number of imide groups is 1. The van der Waals surface area contributed by atoms with Crippen LogP contribution < -0.4 is 0 Å². The lowest BCUT2D eigenvalue weighted by Crippen LogP contribution is -2.35. The van der Waals surface area contributed by atoms with E-state index >= 15 is 0 Å². The number of carbonyl (C=O) groups is 3. The number of piperidine rings is 1. The standard InChI is InChI=1S/C17H18N2O3/c1-9(2)19-16(21)13-4-3-10(6-14(13)17(19)22)15(20)18-7-11-5-12(11)8-18/h3-4,6,9,11-12H,5,7-8H2,1-2H3. The van der Waals surface area contributed by atoms with Crippen molar-refractivity contribution in [1.82, 2.24) is 9.80 Å². The number of likely N-dealkylation sites (tertiary alicyclic amines) is 1. The number of rotatable bonds is 2. The van der Waals surface area contributed by atoms with Gasteiger partial charge in [-0.05, 0) is 50.3 Å². The highest BCUT2D eigenvalue weighted by Crippen LogP contribution is 2.45. The molecule has 1 aromatic rings. The van der Waals surface area contributed by atoms with E-state index in [9.17, 15) is 14.4 Å². The topological polar surface area (TPSA) is 57.7 Å². The molecule has 2 aliphatic heterocycles. The van der Waals surface area contributed by atoms with Gasteiger partial charge in [-0.15, -0.1) is 0 Å². The second-order valence-corrected chi connectivity index (χ2v) is 6.80. The summed E-state index contributed by atoms with van der Waals surface area (Å²) in [5.74, 6) is 0.764. The Morgan fingerprint density at radius 3 is 2.36 bits per heavy atom. The molecule has 0 aromatic heterocycles. The summed E-state index contributed by atoms with van der Waals surface area (Å²) in [5, 5.41) is 0. The maximum absolute atomic E-state index is 12.5. The first-order valence-electron chi connectivity index (χ1n) is 7.78. The third kappa shape index (κ3) is 1.81. The molecule has 3 aliphatic rings. The Hall–Kier alpha value is -2.17. The predicted molar refractivity (Wildman–Crippen MR) is 79.6 cm³/mol. The fourth-order valence-corrected chi connectivity index (χ4v) is 3.61. The second kappa shape index (κ2) is 4.41. The van der Waals surface area contributed by atoms with Gasteiger partial charge in [0.15, 0.2) is 0 Å². The van der Waals surface area contributed by atoms with E-state index in [1.54, 1.807) is 18.2 Å². The van der Waals surface area contributed by atoms with Crippen molar-refractivity contribution < 1.29 is 14.4 Å². The second-order valence-electron chi connectivity index (χ2n) is 6.80. The van der Waals surface area contributed by atoms with E-state index in [-0.39, 0.29) is 23.8 Å². The van der Waals surface area contributed by atoms with E-state index in [2.05, 4.69) is 0 Å². The summed E-state index contributed by atoms with van der Waals surface area (Å²) in [6.45, 7) is 5.27. The normalized spacial score (nSPS) is 25.8. The molecule has 1 aromatic carbocycles. The first-order valence-corrected chi connectivity index (χ1v) is 7.78. The van der Waals surface area contributed by atoms with Crippen molar-refractivity contribution in [1.29, 1.82) is 0 Å². The molecule has 5 heteroatoms. The minimum Gasteiger partial charge on any atom is -0.338 e. The molecular weight excluding hydrogens is 280 g/mol. The van der Waals surface area contributed by atoms with Crippen molar-refractivity contribution >= 4 is 17.7 Å². The minimum absolute atomic E-state index is 0.0294. The molecule has 2 atom stereocenters. The fraction of sp³-hybridized carbons (Fsp3) is 0.471. The molecule has 0 radical (unpaired) electrons. The lowest BCUT2D eigenvalue weighted by atomic mass is 10.0. The Bertz CT molecular complexity index is 700. The van der Waals surface area contributed by atoms with Crippen LogP contribution in [0.5, 0.6) is 0 Å². The maximum atomic E-state index is 12.5. The van der Waals surface area contributed by atoms with E-state index in [1.807, 2.05) is 18.7 Å². The van der Waals surface area contributed by atoms with Crippen LogP contribution in [-0.4, -0.2) is 46.7 Å². The van der Waals surface area contributed by atoms with Crippen LogP contribution in [-0.2, 0) is 0 Å². The Kier molecular flexibility index (Phi) is 2.71. The highest BCUT2D eigenvalue weighted by molar-refractivity contribution is 6.22. The summed E-state index contributed by atoms with van der Waals surface area (Å²) in [6.07, 6.45) is 1.24. The number of carbonyl (C=O) groups excluding carboxylic acids is 3. The van der Waals surface area contributed by atoms with Crippen LogP contribution in [0.25, 0.3) is 0 Å². The highest BCUT2D eigenvalue weighted by atomic mass is 16.2. The average molecular weight is 298 g/mol. The zero-order valence-electron chi connectivity index (χ0n) is 12.7. The van der Waals surface area contributed by atoms with Crippen LogP contribution in [0.1, 0.15) is 51.3 Å². The zero-order chi connectivity index (χ0) is 15.6. The molecule has 5 nitrogen and oxygen atoms in total. The van der Waals surface area contributed by atoms with Gasteiger partial charge in [0.25, 0.3) is 17.7 Å². The molecule has 2 unspecified atom stereocenters. The molecule has 0 N–H and O–H groups in total. The quantitative estimate of drug-likeness (QED) is 0.782. The van der Waals surface area contributed by atoms with E-state index in [0.717, 1.165) is 13.1 Å². The monoisotopic (exact) mass is 298 g/mol. The number of benzene rings is 1. The first kappa shape index (κ1) is 13.5. The number of nitrogens with zero attached hydrogens (tertiary/aromatic N) is 2. The lowest BCUT2D eigenvalue weighted by molar-refractivity contribution is 0.0608. The SMILES string of the molecule is CC(C)N1C(=O)c2ccc(C(=O)N3CC4CC4C3)cc2C1=O. The maximum Gasteiger partial charge on any atom is 0.261 e. The van der Waals surface area contributed by atoms with Crippen molar-refractivity contribution in [2.24, 2.45) is 11.8 Å². The van der Waals surface area contributed by atoms with Gasteiger partial charge in [0.1, 0.15) is 0 Å². The van der Waals surface area contributed by atoms with Crippen LogP contribution in [0.3, 0.4) is 0 Å². The summed E-state index contributed by atoms with van der Waals surface area (Å²) in [5.41, 5.74) is 1.26. The molecule has 22 heavy (non-hydrogen) atoms. The Morgan fingerprint density at radius 1 is 1.09 bits per heavy atom. The Balaban J connectivity index is 1.64. The summed E-state index contributed by atoms with van der Waals surface area (Å²) in [4.78, 5) is 40.3. The smallest absolute Gasteiger partial charge is 0.261 e. The summed E-state index contributed by atoms with van der Waals surface area (Å²) < 4.78 is 0. The van der Waals surface area contributed by atoms with Gasteiger partial charge in [0.2, 0.25) is 0 Å². The van der Waals surface area contributed by atoms with Crippen molar-refractivity contribution in [3.63, 3.8) is 0 Å². The average Bonchev–Trinajstić information content (AvgIpc) is 3.01. The van der Waals surface area contributed by atoms with Crippen molar-refractivity contribution in [2.45, 2.75) is 26.3 Å². The van der Waals surface area contributed by atoms with Gasteiger partial charge in [0, 0.05) is 24.7 Å². The van der Waals surface area contributed by atoms with E-state index < -0.39 is 0 Å². The summed E-state index contributed by atoms with van der Waals surface area (Å²) in [7, 11) is 0. The number of fused-ring (bicyclic) bond motifs is 2. The van der Waals surface area contributed by atoms with Crippen LogP contribution in [0.2, 0.25) is 0 Å². The molecule has 1 saturated heterocycles. The zero-order valence-corrected chi connectivity index (χ0v) is 12.7. The lowest BCUT2D eigenvalue weighted by Gasteiger charge is -2.18. The van der Waals surface area contributed by atoms with Gasteiger partial charge in [-0.3, -0.25) is 19.3 Å². The van der Waals surface area contributed by atoms with Gasteiger partial charge in [-0.1, -0.05) is 0 Å². The summed E-state index contributed by atoms with van der Waals surface area (Å²) in [6, 6.07) is 4.68. The van der Waals surface area contributed by atoms with Crippen LogP contribution >= 0.6 is 0 Å². The minimum atomic E-state index is -0.297. The molecule has 2 heterocycles. The van der Waals surface area contributed by atoms with Crippen molar-refractivity contribution in [3.8, 4) is 0 Å². The fourth-order valence-electron chi connectivity index (χ4n) is 3.61. The van der Waals surface area contributed by atoms with Crippen LogP contribution in [0.15, 0.2) is 18.2 Å². The molecule has 0 bridgehead atoms. The number of hydrogen-bond acceptors (Lipinski definition) is 3. The molecule has 1 saturated carbocycles. The van der Waals surface area contributed by atoms with Gasteiger partial charge >= 0.3 is 0 Å². The number of hydrogen-bond donors (Lipinski definition) is 0. The summed E-state index contributed by atoms with van der Waals surface area (Å²) >= 11 is 0. The molecule has 3 amide bonds. The van der Waals surface area contributed by atoms with Crippen LogP contribution in [0.4, 0.5) is 0 Å². The Morgan fingerprint density at radius 2 is 1.73 bits per heavy atom. The van der Waals surface area contributed by atoms with Gasteiger partial charge in [-0.25, -0.2) is 0 Å². The van der Waals surface area contributed by atoms with Crippen LogP contribution in [0, 0.1) is 11.8 Å². The molecule has 0 spiro atoms. The van der Waals surface area contributed by atoms with Crippen molar-refractivity contribution in [3.05, 3.63) is 34.9 Å². The van der Waals surface area contributed by atoms with Gasteiger partial charge in [-0.2, -0.15) is 0 Å². The molecule has 114 valence electrons. The molecular formula is C17H18N2O3.